The van der Waals surface area contributed by atoms with Crippen LogP contribution in [0, 0.1) is 3.57 Å². The summed E-state index contributed by atoms with van der Waals surface area (Å²) in [5.74, 6) is 0. The molecule has 0 fully saturated rings. The Kier molecular flexibility index (Phi) is 5.00. The van der Waals surface area contributed by atoms with E-state index in [0.717, 1.165) is 24.3 Å². The molecule has 1 atom stereocenters. The van der Waals surface area contributed by atoms with Gasteiger partial charge in [-0.05, 0) is 68.3 Å². The third-order valence-electron chi connectivity index (χ3n) is 2.59. The van der Waals surface area contributed by atoms with Gasteiger partial charge in [-0.1, -0.05) is 17.7 Å². The van der Waals surface area contributed by atoms with Gasteiger partial charge in [-0.15, -0.1) is 0 Å². The van der Waals surface area contributed by atoms with Gasteiger partial charge < -0.3 is 5.73 Å². The van der Waals surface area contributed by atoms with Crippen LogP contribution >= 0.6 is 50.1 Å². The molecule has 0 aliphatic rings. The number of aromatic nitrogens is 1. The number of nitrogens with two attached hydrogens (primary N) is 1. The largest absolute Gasteiger partial charge is 0.324 e. The van der Waals surface area contributed by atoms with E-state index in [-0.39, 0.29) is 6.04 Å². The Hall–Kier alpha value is -0.170. The molecule has 0 spiro atoms. The summed E-state index contributed by atoms with van der Waals surface area (Å²) in [7, 11) is 0. The second kappa shape index (κ2) is 6.32. The molecule has 0 bridgehead atoms. The maximum absolute atomic E-state index is 6.17. The molecule has 0 radical (unpaired) electrons. The first kappa shape index (κ1) is 14.2. The molecule has 2 N–H and O–H groups in total. The van der Waals surface area contributed by atoms with Crippen molar-refractivity contribution >= 4 is 50.1 Å². The number of halogens is 3. The van der Waals surface area contributed by atoms with Gasteiger partial charge in [-0.3, -0.25) is 4.98 Å². The molecule has 0 aliphatic carbocycles. The Morgan fingerprint density at radius 1 is 1.33 bits per heavy atom. The van der Waals surface area contributed by atoms with Crippen molar-refractivity contribution in [3.63, 3.8) is 0 Å². The van der Waals surface area contributed by atoms with Crippen molar-refractivity contribution in [3.05, 3.63) is 60.9 Å². The van der Waals surface area contributed by atoms with Gasteiger partial charge in [0, 0.05) is 32.4 Å². The average molecular weight is 438 g/mol. The standard InChI is InChI=1S/C13H11BrClIN2/c14-9-2-3-10(18-7-9)6-13(17)8-1-4-12(16)11(15)5-8/h1-5,7,13H,6,17H2. The van der Waals surface area contributed by atoms with Gasteiger partial charge in [-0.25, -0.2) is 0 Å². The van der Waals surface area contributed by atoms with E-state index in [1.54, 1.807) is 6.20 Å². The van der Waals surface area contributed by atoms with Crippen LogP contribution in [0.2, 0.25) is 5.02 Å². The third-order valence-corrected chi connectivity index (χ3v) is 4.63. The van der Waals surface area contributed by atoms with Gasteiger partial charge in [0.2, 0.25) is 0 Å². The fraction of sp³-hybridized carbons (Fsp3) is 0.154. The zero-order valence-corrected chi connectivity index (χ0v) is 13.9. The first-order valence-corrected chi connectivity index (χ1v) is 7.62. The maximum Gasteiger partial charge on any atom is 0.0542 e. The second-order valence-corrected chi connectivity index (χ2v) is 6.44. The lowest BCUT2D eigenvalue weighted by molar-refractivity contribution is 0.706. The molecule has 5 heteroatoms. The molecule has 2 nitrogen and oxygen atoms in total. The van der Waals surface area contributed by atoms with Crippen LogP contribution in [0.3, 0.4) is 0 Å². The highest BCUT2D eigenvalue weighted by atomic mass is 127. The monoisotopic (exact) mass is 436 g/mol. The number of nitrogens with zero attached hydrogens (tertiary/aromatic N) is 1. The van der Waals surface area contributed by atoms with Crippen molar-refractivity contribution in [2.24, 2.45) is 5.73 Å². The molecule has 94 valence electrons. The van der Waals surface area contributed by atoms with E-state index in [1.165, 1.54) is 0 Å². The van der Waals surface area contributed by atoms with Crippen LogP contribution in [0.5, 0.6) is 0 Å². The van der Waals surface area contributed by atoms with E-state index in [9.17, 15) is 0 Å². The molecule has 0 amide bonds. The smallest absolute Gasteiger partial charge is 0.0542 e. The lowest BCUT2D eigenvalue weighted by Crippen LogP contribution is -2.14. The first-order chi connectivity index (χ1) is 8.56. The van der Waals surface area contributed by atoms with Crippen LogP contribution in [-0.4, -0.2) is 4.98 Å². The summed E-state index contributed by atoms with van der Waals surface area (Å²) in [6.07, 6.45) is 2.48. The van der Waals surface area contributed by atoms with Crippen LogP contribution < -0.4 is 5.73 Å². The van der Waals surface area contributed by atoms with E-state index >= 15 is 0 Å². The second-order valence-electron chi connectivity index (χ2n) is 3.95. The molecule has 2 aromatic rings. The molecular weight excluding hydrogens is 426 g/mol. The quantitative estimate of drug-likeness (QED) is 0.726. The Balaban J connectivity index is 2.13. The van der Waals surface area contributed by atoms with Crippen molar-refractivity contribution in [2.45, 2.75) is 12.5 Å². The van der Waals surface area contributed by atoms with Gasteiger partial charge >= 0.3 is 0 Å². The van der Waals surface area contributed by atoms with Crippen molar-refractivity contribution in [3.8, 4) is 0 Å². The van der Waals surface area contributed by atoms with E-state index in [2.05, 4.69) is 43.5 Å². The van der Waals surface area contributed by atoms with E-state index in [0.29, 0.717) is 6.42 Å². The Labute approximate surface area is 133 Å². The summed E-state index contributed by atoms with van der Waals surface area (Å²) in [5.41, 5.74) is 8.18. The summed E-state index contributed by atoms with van der Waals surface area (Å²) < 4.78 is 2.00. The summed E-state index contributed by atoms with van der Waals surface area (Å²) in [6.45, 7) is 0. The van der Waals surface area contributed by atoms with Crippen LogP contribution in [0.25, 0.3) is 0 Å². The van der Waals surface area contributed by atoms with E-state index < -0.39 is 0 Å². The van der Waals surface area contributed by atoms with Crippen molar-refractivity contribution < 1.29 is 0 Å². The molecule has 0 saturated heterocycles. The number of pyridine rings is 1. The molecule has 0 saturated carbocycles. The highest BCUT2D eigenvalue weighted by Crippen LogP contribution is 2.24. The Morgan fingerprint density at radius 2 is 2.11 bits per heavy atom. The number of hydrogen-bond donors (Lipinski definition) is 1. The Morgan fingerprint density at radius 3 is 2.72 bits per heavy atom. The minimum atomic E-state index is -0.0897. The molecule has 1 aromatic heterocycles. The molecule has 1 aromatic carbocycles. The summed E-state index contributed by atoms with van der Waals surface area (Å²) in [5, 5.41) is 0.743. The molecule has 1 unspecified atom stereocenters. The van der Waals surface area contributed by atoms with Crippen molar-refractivity contribution in [1.82, 2.24) is 4.98 Å². The fourth-order valence-electron chi connectivity index (χ4n) is 1.61. The Bertz CT molecular complexity index is 545. The molecule has 18 heavy (non-hydrogen) atoms. The number of rotatable bonds is 3. The lowest BCUT2D eigenvalue weighted by Gasteiger charge is -2.12. The molecule has 1 heterocycles. The van der Waals surface area contributed by atoms with Crippen LogP contribution in [0.4, 0.5) is 0 Å². The van der Waals surface area contributed by atoms with Gasteiger partial charge in [0.1, 0.15) is 0 Å². The van der Waals surface area contributed by atoms with Crippen LogP contribution in [0.15, 0.2) is 41.0 Å². The third kappa shape index (κ3) is 3.66. The zero-order chi connectivity index (χ0) is 13.1. The van der Waals surface area contributed by atoms with Crippen molar-refractivity contribution in [1.29, 1.82) is 0 Å². The highest BCUT2D eigenvalue weighted by Gasteiger charge is 2.09. The van der Waals surface area contributed by atoms with Crippen LogP contribution in [0.1, 0.15) is 17.3 Å². The molecular formula is C13H11BrClIN2. The lowest BCUT2D eigenvalue weighted by atomic mass is 10.0. The zero-order valence-electron chi connectivity index (χ0n) is 9.41. The minimum absolute atomic E-state index is 0.0897. The number of hydrogen-bond acceptors (Lipinski definition) is 2. The number of benzene rings is 1. The minimum Gasteiger partial charge on any atom is -0.324 e. The molecule has 0 aliphatic heterocycles. The summed E-state index contributed by atoms with van der Waals surface area (Å²) in [4.78, 5) is 4.32. The van der Waals surface area contributed by atoms with E-state index in [1.807, 2.05) is 30.3 Å². The predicted molar refractivity (Wildman–Crippen MR) is 86.7 cm³/mol. The normalized spacial score (nSPS) is 12.4. The van der Waals surface area contributed by atoms with E-state index in [4.69, 9.17) is 17.3 Å². The van der Waals surface area contributed by atoms with Gasteiger partial charge in [0.25, 0.3) is 0 Å². The van der Waals surface area contributed by atoms with Crippen LogP contribution in [-0.2, 0) is 6.42 Å². The predicted octanol–water partition coefficient (Wildman–Crippen LogP) is 4.34. The summed E-state index contributed by atoms with van der Waals surface area (Å²) in [6, 6.07) is 9.76. The van der Waals surface area contributed by atoms with Gasteiger partial charge in [0.05, 0.1) is 5.02 Å². The van der Waals surface area contributed by atoms with Gasteiger partial charge in [-0.2, -0.15) is 0 Å². The molecule has 2 rings (SSSR count). The highest BCUT2D eigenvalue weighted by molar-refractivity contribution is 14.1. The fourth-order valence-corrected chi connectivity index (χ4v) is 2.37. The maximum atomic E-state index is 6.17. The van der Waals surface area contributed by atoms with Crippen molar-refractivity contribution in [2.75, 3.05) is 0 Å². The summed E-state index contributed by atoms with van der Waals surface area (Å²) >= 11 is 11.7. The average Bonchev–Trinajstić information content (AvgIpc) is 2.35. The first-order valence-electron chi connectivity index (χ1n) is 5.37. The SMILES string of the molecule is NC(Cc1ccc(Br)cn1)c1ccc(I)c(Cl)c1. The van der Waals surface area contributed by atoms with Gasteiger partial charge in [0.15, 0.2) is 0 Å². The topological polar surface area (TPSA) is 38.9 Å².